The lowest BCUT2D eigenvalue weighted by atomic mass is 9.92. The first-order chi connectivity index (χ1) is 15.0. The van der Waals surface area contributed by atoms with Gasteiger partial charge in [-0.15, -0.1) is 0 Å². The second-order valence-corrected chi connectivity index (χ2v) is 6.49. The number of benzene rings is 2. The van der Waals surface area contributed by atoms with Crippen LogP contribution in [-0.4, -0.2) is 63.0 Å². The quantitative estimate of drug-likeness (QED) is 0.433. The van der Waals surface area contributed by atoms with Gasteiger partial charge < -0.3 is 44.0 Å². The number of carbonyl (C=O) groups excluding carboxylic acids is 1. The minimum absolute atomic E-state index is 0.00840. The van der Waals surface area contributed by atoms with E-state index in [1.807, 2.05) is 0 Å². The molecule has 0 radical (unpaired) electrons. The maximum atomic E-state index is 12.9. The molecule has 0 unspecified atom stereocenters. The Labute approximate surface area is 176 Å². The molecular formula is C20H19NO10. The Kier molecular flexibility index (Phi) is 5.34. The van der Waals surface area contributed by atoms with E-state index in [1.54, 1.807) is 7.05 Å². The van der Waals surface area contributed by atoms with Crippen molar-refractivity contribution < 1.29 is 48.2 Å². The fourth-order valence-corrected chi connectivity index (χ4v) is 3.39. The summed E-state index contributed by atoms with van der Waals surface area (Å²) in [4.78, 5) is 25.0. The van der Waals surface area contributed by atoms with Gasteiger partial charge in [0.05, 0.1) is 18.2 Å². The average Bonchev–Trinajstić information content (AvgIpc) is 3.43. The molecule has 0 aromatic heterocycles. The van der Waals surface area contributed by atoms with Crippen LogP contribution in [0.5, 0.6) is 34.5 Å². The summed E-state index contributed by atoms with van der Waals surface area (Å²) in [7, 11) is 3.06. The molecule has 0 amide bonds. The molecule has 3 N–H and O–H groups in total. The first-order valence-corrected chi connectivity index (χ1v) is 9.19. The van der Waals surface area contributed by atoms with Crippen LogP contribution in [0.3, 0.4) is 0 Å². The number of esters is 1. The third kappa shape index (κ3) is 3.38. The Bertz CT molecular complexity index is 1060. The molecule has 0 aliphatic carbocycles. The number of rotatable bonds is 7. The van der Waals surface area contributed by atoms with E-state index in [4.69, 9.17) is 28.4 Å². The number of carboxylic acid groups (broad SMARTS) is 1. The number of phenolic OH excluding ortho intramolecular Hbond substituents is 1. The molecule has 11 heteroatoms. The zero-order chi connectivity index (χ0) is 22.1. The number of aromatic hydroxyl groups is 1. The Balaban J connectivity index is 2.01. The molecule has 0 saturated carbocycles. The van der Waals surface area contributed by atoms with Gasteiger partial charge in [-0.3, -0.25) is 0 Å². The van der Waals surface area contributed by atoms with Gasteiger partial charge in [0.25, 0.3) is 0 Å². The third-order valence-electron chi connectivity index (χ3n) is 4.74. The summed E-state index contributed by atoms with van der Waals surface area (Å²) in [6.07, 6.45) is 0. The van der Waals surface area contributed by atoms with Gasteiger partial charge in [-0.2, -0.15) is 0 Å². The Morgan fingerprint density at radius 2 is 1.61 bits per heavy atom. The third-order valence-corrected chi connectivity index (χ3v) is 4.74. The highest BCUT2D eigenvalue weighted by Crippen LogP contribution is 2.56. The Morgan fingerprint density at radius 3 is 2.26 bits per heavy atom. The lowest BCUT2D eigenvalue weighted by Gasteiger charge is -2.18. The monoisotopic (exact) mass is 433 g/mol. The number of aromatic carboxylic acids is 1. The fourth-order valence-electron chi connectivity index (χ4n) is 3.39. The standard InChI is InChI=1S/C20H19NO10/c1-21-3-4-27-20(25)10-5-11(22)15-17(30-7-28-15)14(10)13-9(19(23)24)6-12(26-2)16-18(13)31-8-29-16/h5-6,21-22H,3-4,7-8H2,1-2H3,(H,23,24). The number of phenols is 1. The summed E-state index contributed by atoms with van der Waals surface area (Å²) >= 11 is 0. The smallest absolute Gasteiger partial charge is 0.339 e. The molecule has 2 heterocycles. The van der Waals surface area contributed by atoms with E-state index in [9.17, 15) is 19.8 Å². The zero-order valence-corrected chi connectivity index (χ0v) is 16.6. The van der Waals surface area contributed by atoms with E-state index < -0.39 is 11.9 Å². The van der Waals surface area contributed by atoms with E-state index in [1.165, 1.54) is 13.2 Å². The van der Waals surface area contributed by atoms with Crippen LogP contribution < -0.4 is 29.0 Å². The van der Waals surface area contributed by atoms with Crippen molar-refractivity contribution in [3.8, 4) is 45.6 Å². The second kappa shape index (κ2) is 8.11. The van der Waals surface area contributed by atoms with Gasteiger partial charge in [-0.25, -0.2) is 9.59 Å². The van der Waals surface area contributed by atoms with Crippen molar-refractivity contribution in [3.05, 3.63) is 23.3 Å². The predicted molar refractivity (Wildman–Crippen MR) is 104 cm³/mol. The van der Waals surface area contributed by atoms with E-state index in [-0.39, 0.29) is 76.9 Å². The van der Waals surface area contributed by atoms with Crippen molar-refractivity contribution in [1.82, 2.24) is 5.32 Å². The average molecular weight is 433 g/mol. The fraction of sp³-hybridized carbons (Fsp3) is 0.300. The number of carbonyl (C=O) groups is 2. The zero-order valence-electron chi connectivity index (χ0n) is 16.6. The highest BCUT2D eigenvalue weighted by Gasteiger charge is 2.37. The maximum absolute atomic E-state index is 12.9. The van der Waals surface area contributed by atoms with Gasteiger partial charge in [0.1, 0.15) is 6.61 Å². The molecule has 164 valence electrons. The molecular weight excluding hydrogens is 414 g/mol. The van der Waals surface area contributed by atoms with E-state index >= 15 is 0 Å². The lowest BCUT2D eigenvalue weighted by Crippen LogP contribution is -2.18. The summed E-state index contributed by atoms with van der Waals surface area (Å²) in [6.45, 7) is 0.0383. The molecule has 2 aromatic rings. The maximum Gasteiger partial charge on any atom is 0.339 e. The van der Waals surface area contributed by atoms with Crippen LogP contribution in [0.25, 0.3) is 11.1 Å². The molecule has 0 saturated heterocycles. The largest absolute Gasteiger partial charge is 0.504 e. The topological polar surface area (TPSA) is 142 Å². The molecule has 0 fully saturated rings. The number of methoxy groups -OCH3 is 1. The van der Waals surface area contributed by atoms with Crippen LogP contribution in [0.4, 0.5) is 0 Å². The molecule has 31 heavy (non-hydrogen) atoms. The Morgan fingerprint density at radius 1 is 1.00 bits per heavy atom. The summed E-state index contributed by atoms with van der Waals surface area (Å²) in [5.41, 5.74) is -0.290. The van der Waals surface area contributed by atoms with Gasteiger partial charge >= 0.3 is 11.9 Å². The number of hydrogen-bond donors (Lipinski definition) is 3. The van der Waals surface area contributed by atoms with Gasteiger partial charge in [0.2, 0.25) is 25.1 Å². The summed E-state index contributed by atoms with van der Waals surface area (Å²) in [6, 6.07) is 2.40. The second-order valence-electron chi connectivity index (χ2n) is 6.49. The van der Waals surface area contributed by atoms with Crippen LogP contribution in [-0.2, 0) is 4.74 Å². The number of nitrogens with one attached hydrogen (secondary N) is 1. The van der Waals surface area contributed by atoms with E-state index in [0.717, 1.165) is 6.07 Å². The van der Waals surface area contributed by atoms with Crippen LogP contribution in [0.1, 0.15) is 20.7 Å². The highest BCUT2D eigenvalue weighted by atomic mass is 16.7. The van der Waals surface area contributed by atoms with Crippen LogP contribution >= 0.6 is 0 Å². The molecule has 4 rings (SSSR count). The van der Waals surface area contributed by atoms with Crippen molar-refractivity contribution in [3.63, 3.8) is 0 Å². The van der Waals surface area contributed by atoms with Gasteiger partial charge in [0, 0.05) is 17.7 Å². The van der Waals surface area contributed by atoms with Crippen molar-refractivity contribution in [2.24, 2.45) is 0 Å². The van der Waals surface area contributed by atoms with Crippen molar-refractivity contribution in [2.45, 2.75) is 0 Å². The number of hydrogen-bond acceptors (Lipinski definition) is 10. The normalized spacial score (nSPS) is 13.2. The lowest BCUT2D eigenvalue weighted by molar-refractivity contribution is 0.0510. The van der Waals surface area contributed by atoms with E-state index in [0.29, 0.717) is 6.54 Å². The Hall–Kier alpha value is -3.86. The van der Waals surface area contributed by atoms with Crippen LogP contribution in [0, 0.1) is 0 Å². The minimum Gasteiger partial charge on any atom is -0.504 e. The SMILES string of the molecule is CNCCOC(=O)c1cc(O)c2c(c1-c1c(C(=O)O)cc(OC)c3c1OCO3)OCO2. The van der Waals surface area contributed by atoms with E-state index in [2.05, 4.69) is 5.32 Å². The van der Waals surface area contributed by atoms with Crippen LogP contribution in [0.15, 0.2) is 12.1 Å². The molecule has 11 nitrogen and oxygen atoms in total. The molecule has 2 aliphatic heterocycles. The van der Waals surface area contributed by atoms with Crippen molar-refractivity contribution >= 4 is 11.9 Å². The summed E-state index contributed by atoms with van der Waals surface area (Å²) in [5.74, 6) is -2.09. The highest BCUT2D eigenvalue weighted by molar-refractivity contribution is 6.08. The van der Waals surface area contributed by atoms with Crippen molar-refractivity contribution in [1.29, 1.82) is 0 Å². The molecule has 2 aromatic carbocycles. The summed E-state index contributed by atoms with van der Waals surface area (Å²) in [5, 5.41) is 23.1. The predicted octanol–water partition coefficient (Wildman–Crippen LogP) is 1.60. The molecule has 0 bridgehead atoms. The first-order valence-electron chi connectivity index (χ1n) is 9.19. The number of likely N-dealkylation sites (N-methyl/N-ethyl adjacent to an activating group) is 1. The number of carboxylic acids is 1. The van der Waals surface area contributed by atoms with Crippen LogP contribution in [0.2, 0.25) is 0 Å². The van der Waals surface area contributed by atoms with Gasteiger partial charge in [-0.1, -0.05) is 0 Å². The molecule has 0 spiro atoms. The summed E-state index contributed by atoms with van der Waals surface area (Å²) < 4.78 is 32.3. The van der Waals surface area contributed by atoms with Gasteiger partial charge in [-0.05, 0) is 19.2 Å². The molecule has 2 aliphatic rings. The number of fused-ring (bicyclic) bond motifs is 2. The number of ether oxygens (including phenoxy) is 6. The molecule has 0 atom stereocenters. The first kappa shape index (κ1) is 20.4. The minimum atomic E-state index is -1.30. The van der Waals surface area contributed by atoms with Gasteiger partial charge in [0.15, 0.2) is 23.0 Å². The van der Waals surface area contributed by atoms with Crippen molar-refractivity contribution in [2.75, 3.05) is 40.9 Å².